The van der Waals surface area contributed by atoms with Gasteiger partial charge in [-0.05, 0) is 33.6 Å². The van der Waals surface area contributed by atoms with E-state index in [4.69, 9.17) is 21.1 Å². The van der Waals surface area contributed by atoms with Crippen molar-refractivity contribution in [2.24, 2.45) is 0 Å². The fourth-order valence-electron chi connectivity index (χ4n) is 1.02. The number of hydrogen-bond donors (Lipinski definition) is 1. The minimum Gasteiger partial charge on any atom is -0.392 e. The van der Waals surface area contributed by atoms with Crippen LogP contribution in [0.2, 0.25) is 0 Å². The maximum Gasteiger partial charge on any atom is 0.262 e. The highest BCUT2D eigenvalue weighted by Crippen LogP contribution is 2.28. The van der Waals surface area contributed by atoms with Gasteiger partial charge in [0, 0.05) is 15.2 Å². The third-order valence-electron chi connectivity index (χ3n) is 1.71. The molecule has 0 heterocycles. The van der Waals surface area contributed by atoms with E-state index in [-0.39, 0.29) is 21.5 Å². The molecule has 1 aromatic rings. The molecule has 0 unspecified atom stereocenters. The van der Waals surface area contributed by atoms with Crippen LogP contribution in [0.1, 0.15) is 11.1 Å². The average Bonchev–Trinajstić information content (AvgIpc) is 2.15. The van der Waals surface area contributed by atoms with Crippen LogP contribution in [0.5, 0.6) is 0 Å². The van der Waals surface area contributed by atoms with Crippen LogP contribution in [0.4, 0.5) is 0 Å². The van der Waals surface area contributed by atoms with E-state index in [9.17, 15) is 8.42 Å². The Labute approximate surface area is 99.6 Å². The Kier molecular flexibility index (Phi) is 3.73. The Bertz CT molecular complexity index is 536. The van der Waals surface area contributed by atoms with Crippen LogP contribution in [0.3, 0.4) is 0 Å². The van der Waals surface area contributed by atoms with E-state index in [0.29, 0.717) is 5.56 Å². The molecule has 0 bridgehead atoms. The van der Waals surface area contributed by atoms with Gasteiger partial charge in [0.1, 0.15) is 0 Å². The third-order valence-corrected chi connectivity index (χ3v) is 3.99. The molecular weight excluding hydrogens is 306 g/mol. The lowest BCUT2D eigenvalue weighted by Gasteiger charge is -2.05. The van der Waals surface area contributed by atoms with Crippen molar-refractivity contribution in [3.63, 3.8) is 0 Å². The van der Waals surface area contributed by atoms with E-state index < -0.39 is 9.05 Å². The normalized spacial score (nSPS) is 11.1. The molecular formula is C8H5BrClNO3S. The van der Waals surface area contributed by atoms with Crippen LogP contribution in [-0.2, 0) is 15.7 Å². The standard InChI is InChI=1S/C8H5BrClNO3S/c9-7-1-6(4-12)5(3-11)2-8(7)15(10,13)14/h1-2,12H,4H2. The first-order valence-electron chi connectivity index (χ1n) is 3.68. The van der Waals surface area contributed by atoms with Gasteiger partial charge in [0.25, 0.3) is 9.05 Å². The second kappa shape index (κ2) is 4.49. The predicted molar refractivity (Wildman–Crippen MR) is 57.8 cm³/mol. The van der Waals surface area contributed by atoms with Gasteiger partial charge in [0.2, 0.25) is 0 Å². The van der Waals surface area contributed by atoms with Crippen molar-refractivity contribution in [3.8, 4) is 6.07 Å². The van der Waals surface area contributed by atoms with Gasteiger partial charge < -0.3 is 5.11 Å². The molecule has 0 atom stereocenters. The maximum absolute atomic E-state index is 11.1. The van der Waals surface area contributed by atoms with Crippen molar-refractivity contribution < 1.29 is 13.5 Å². The van der Waals surface area contributed by atoms with E-state index in [2.05, 4.69) is 15.9 Å². The summed E-state index contributed by atoms with van der Waals surface area (Å²) in [5, 5.41) is 17.6. The summed E-state index contributed by atoms with van der Waals surface area (Å²) in [6.45, 7) is -0.343. The number of aliphatic hydroxyl groups is 1. The lowest BCUT2D eigenvalue weighted by Crippen LogP contribution is -1.97. The van der Waals surface area contributed by atoms with Crippen molar-refractivity contribution in [1.29, 1.82) is 5.26 Å². The number of halogens is 2. The fourth-order valence-corrected chi connectivity index (χ4v) is 3.26. The Morgan fingerprint density at radius 1 is 1.53 bits per heavy atom. The average molecular weight is 311 g/mol. The first kappa shape index (κ1) is 12.5. The summed E-state index contributed by atoms with van der Waals surface area (Å²) >= 11 is 3.00. The van der Waals surface area contributed by atoms with Gasteiger partial charge in [0.15, 0.2) is 0 Å². The van der Waals surface area contributed by atoms with Gasteiger partial charge in [-0.15, -0.1) is 0 Å². The molecule has 15 heavy (non-hydrogen) atoms. The van der Waals surface area contributed by atoms with Crippen LogP contribution in [0, 0.1) is 11.3 Å². The highest BCUT2D eigenvalue weighted by Gasteiger charge is 2.17. The number of aliphatic hydroxyl groups excluding tert-OH is 1. The molecule has 0 radical (unpaired) electrons. The Balaban J connectivity index is 3.55. The van der Waals surface area contributed by atoms with E-state index in [1.54, 1.807) is 6.07 Å². The fraction of sp³-hybridized carbons (Fsp3) is 0.125. The molecule has 1 aromatic carbocycles. The first-order chi connectivity index (χ1) is 6.90. The lowest BCUT2D eigenvalue weighted by atomic mass is 10.1. The number of nitrogens with zero attached hydrogens (tertiary/aromatic N) is 1. The van der Waals surface area contributed by atoms with Crippen molar-refractivity contribution in [1.82, 2.24) is 0 Å². The van der Waals surface area contributed by atoms with Gasteiger partial charge in [-0.2, -0.15) is 5.26 Å². The Morgan fingerprint density at radius 2 is 2.13 bits per heavy atom. The molecule has 0 aromatic heterocycles. The van der Waals surface area contributed by atoms with E-state index in [0.717, 1.165) is 6.07 Å². The van der Waals surface area contributed by atoms with Crippen LogP contribution < -0.4 is 0 Å². The molecule has 0 aliphatic carbocycles. The molecule has 0 saturated carbocycles. The van der Waals surface area contributed by atoms with E-state index in [1.807, 2.05) is 0 Å². The zero-order chi connectivity index (χ0) is 11.6. The monoisotopic (exact) mass is 309 g/mol. The van der Waals surface area contributed by atoms with Crippen molar-refractivity contribution >= 4 is 35.7 Å². The van der Waals surface area contributed by atoms with Gasteiger partial charge in [0.05, 0.1) is 23.1 Å². The minimum atomic E-state index is -3.90. The van der Waals surface area contributed by atoms with E-state index in [1.165, 1.54) is 6.07 Å². The van der Waals surface area contributed by atoms with Crippen molar-refractivity contribution in [2.75, 3.05) is 0 Å². The highest BCUT2D eigenvalue weighted by molar-refractivity contribution is 9.10. The van der Waals surface area contributed by atoms with Gasteiger partial charge in [-0.1, -0.05) is 0 Å². The Morgan fingerprint density at radius 3 is 2.53 bits per heavy atom. The second-order valence-electron chi connectivity index (χ2n) is 2.65. The molecule has 0 aliphatic heterocycles. The predicted octanol–water partition coefficient (Wildman–Crippen LogP) is 1.74. The smallest absolute Gasteiger partial charge is 0.262 e. The summed E-state index contributed by atoms with van der Waals surface area (Å²) in [4.78, 5) is -0.182. The summed E-state index contributed by atoms with van der Waals surface area (Å²) < 4.78 is 22.4. The summed E-state index contributed by atoms with van der Waals surface area (Å²) in [6, 6.07) is 4.26. The molecule has 7 heteroatoms. The second-order valence-corrected chi connectivity index (χ2v) is 6.04. The molecule has 0 saturated heterocycles. The summed E-state index contributed by atoms with van der Waals surface area (Å²) in [5.41, 5.74) is 0.424. The van der Waals surface area contributed by atoms with Crippen LogP contribution in [0.25, 0.3) is 0 Å². The molecule has 0 spiro atoms. The van der Waals surface area contributed by atoms with Crippen LogP contribution in [0.15, 0.2) is 21.5 Å². The van der Waals surface area contributed by atoms with Crippen molar-refractivity contribution in [3.05, 3.63) is 27.7 Å². The molecule has 80 valence electrons. The summed E-state index contributed by atoms with van der Waals surface area (Å²) in [7, 11) is 1.26. The molecule has 4 nitrogen and oxygen atoms in total. The number of hydrogen-bond acceptors (Lipinski definition) is 4. The molecule has 0 amide bonds. The zero-order valence-corrected chi connectivity index (χ0v) is 10.4. The van der Waals surface area contributed by atoms with Gasteiger partial charge >= 0.3 is 0 Å². The minimum absolute atomic E-state index is 0.0833. The first-order valence-corrected chi connectivity index (χ1v) is 6.78. The van der Waals surface area contributed by atoms with Crippen LogP contribution in [-0.4, -0.2) is 13.5 Å². The summed E-state index contributed by atoms with van der Waals surface area (Å²) in [6.07, 6.45) is 0. The largest absolute Gasteiger partial charge is 0.392 e. The molecule has 0 fully saturated rings. The van der Waals surface area contributed by atoms with Crippen molar-refractivity contribution in [2.45, 2.75) is 11.5 Å². The summed E-state index contributed by atoms with van der Waals surface area (Å²) in [5.74, 6) is 0. The topological polar surface area (TPSA) is 78.2 Å². The maximum atomic E-state index is 11.1. The highest BCUT2D eigenvalue weighted by atomic mass is 79.9. The van der Waals surface area contributed by atoms with Gasteiger partial charge in [-0.25, -0.2) is 8.42 Å². The Hall–Kier alpha value is -0.610. The number of rotatable bonds is 2. The molecule has 1 rings (SSSR count). The number of nitriles is 1. The third kappa shape index (κ3) is 2.69. The quantitative estimate of drug-likeness (QED) is 0.844. The van der Waals surface area contributed by atoms with Crippen LogP contribution >= 0.6 is 26.6 Å². The van der Waals surface area contributed by atoms with Gasteiger partial charge in [-0.3, -0.25) is 0 Å². The molecule has 0 aliphatic rings. The zero-order valence-electron chi connectivity index (χ0n) is 7.24. The SMILES string of the molecule is N#Cc1cc(S(=O)(=O)Cl)c(Br)cc1CO. The van der Waals surface area contributed by atoms with E-state index >= 15 is 0 Å². The number of benzene rings is 1. The lowest BCUT2D eigenvalue weighted by molar-refractivity contribution is 0.281. The molecule has 1 N–H and O–H groups in total.